The van der Waals surface area contributed by atoms with Crippen LogP contribution >= 0.6 is 12.6 Å². The molecular formula is C10H21NO2S. The molecule has 0 bridgehead atoms. The second-order valence-corrected chi connectivity index (χ2v) is 3.85. The Kier molecular flexibility index (Phi) is 9.19. The lowest BCUT2D eigenvalue weighted by atomic mass is 10.1. The minimum Gasteiger partial charge on any atom is -0.380 e. The van der Waals surface area contributed by atoms with Crippen molar-refractivity contribution in [2.75, 3.05) is 25.5 Å². The van der Waals surface area contributed by atoms with E-state index in [4.69, 9.17) is 4.74 Å². The topological polar surface area (TPSA) is 38.3 Å². The van der Waals surface area contributed by atoms with Crippen molar-refractivity contribution in [3.8, 4) is 0 Å². The number of rotatable bonds is 8. The van der Waals surface area contributed by atoms with Crippen molar-refractivity contribution in [3.05, 3.63) is 0 Å². The Morgan fingerprint density at radius 1 is 1.50 bits per heavy atom. The molecule has 1 unspecified atom stereocenters. The molecule has 0 fully saturated rings. The molecule has 0 heterocycles. The Bertz CT molecular complexity index is 153. The van der Waals surface area contributed by atoms with Crippen LogP contribution in [0.5, 0.6) is 0 Å². The fourth-order valence-electron chi connectivity index (χ4n) is 0.852. The molecule has 0 aromatic carbocycles. The van der Waals surface area contributed by atoms with Crippen molar-refractivity contribution in [2.24, 2.45) is 5.92 Å². The number of nitrogens with one attached hydrogen (secondary N) is 1. The van der Waals surface area contributed by atoms with Crippen LogP contribution in [0.3, 0.4) is 0 Å². The summed E-state index contributed by atoms with van der Waals surface area (Å²) in [6.45, 7) is 6.11. The van der Waals surface area contributed by atoms with Gasteiger partial charge in [-0.2, -0.15) is 12.6 Å². The zero-order valence-electron chi connectivity index (χ0n) is 9.08. The zero-order valence-corrected chi connectivity index (χ0v) is 9.98. The van der Waals surface area contributed by atoms with Crippen molar-refractivity contribution in [1.29, 1.82) is 0 Å². The molecule has 0 aliphatic heterocycles. The normalized spacial score (nSPS) is 12.5. The standard InChI is InChI=1S/C10H21NO2S/c1-3-9(2)8-11-10(12)4-5-13-6-7-14/h9,14H,3-8H2,1-2H3,(H,11,12). The van der Waals surface area contributed by atoms with Gasteiger partial charge < -0.3 is 10.1 Å². The third-order valence-electron chi connectivity index (χ3n) is 2.05. The molecule has 0 radical (unpaired) electrons. The van der Waals surface area contributed by atoms with Crippen molar-refractivity contribution in [1.82, 2.24) is 5.32 Å². The van der Waals surface area contributed by atoms with E-state index in [9.17, 15) is 4.79 Å². The van der Waals surface area contributed by atoms with Gasteiger partial charge in [0.15, 0.2) is 0 Å². The molecule has 0 aliphatic rings. The second-order valence-electron chi connectivity index (χ2n) is 3.40. The molecule has 1 N–H and O–H groups in total. The molecule has 0 aromatic heterocycles. The summed E-state index contributed by atoms with van der Waals surface area (Å²) in [5.41, 5.74) is 0. The van der Waals surface area contributed by atoms with E-state index in [1.54, 1.807) is 0 Å². The maximum absolute atomic E-state index is 11.2. The molecule has 0 rings (SSSR count). The van der Waals surface area contributed by atoms with Crippen LogP contribution in [0.2, 0.25) is 0 Å². The lowest BCUT2D eigenvalue weighted by Crippen LogP contribution is -2.28. The molecule has 4 heteroatoms. The van der Waals surface area contributed by atoms with E-state index in [2.05, 4.69) is 31.8 Å². The Morgan fingerprint density at radius 2 is 2.21 bits per heavy atom. The Balaban J connectivity index is 3.28. The van der Waals surface area contributed by atoms with Gasteiger partial charge in [-0.3, -0.25) is 4.79 Å². The average Bonchev–Trinajstić information content (AvgIpc) is 2.21. The molecule has 1 amide bonds. The van der Waals surface area contributed by atoms with E-state index in [0.717, 1.165) is 13.0 Å². The van der Waals surface area contributed by atoms with Crippen LogP contribution in [0.4, 0.5) is 0 Å². The van der Waals surface area contributed by atoms with Gasteiger partial charge >= 0.3 is 0 Å². The number of ether oxygens (including phenoxy) is 1. The maximum atomic E-state index is 11.2. The van der Waals surface area contributed by atoms with Crippen LogP contribution in [-0.2, 0) is 9.53 Å². The number of thiol groups is 1. The van der Waals surface area contributed by atoms with Gasteiger partial charge in [0, 0.05) is 18.7 Å². The molecule has 3 nitrogen and oxygen atoms in total. The molecule has 0 aromatic rings. The van der Waals surface area contributed by atoms with Crippen LogP contribution in [0.1, 0.15) is 26.7 Å². The quantitative estimate of drug-likeness (QED) is 0.479. The maximum Gasteiger partial charge on any atom is 0.222 e. The molecule has 0 saturated carbocycles. The van der Waals surface area contributed by atoms with E-state index >= 15 is 0 Å². The summed E-state index contributed by atoms with van der Waals surface area (Å²) in [7, 11) is 0. The highest BCUT2D eigenvalue weighted by molar-refractivity contribution is 7.80. The van der Waals surface area contributed by atoms with Crippen LogP contribution in [0.15, 0.2) is 0 Å². The van der Waals surface area contributed by atoms with Gasteiger partial charge in [0.2, 0.25) is 5.91 Å². The fraction of sp³-hybridized carbons (Fsp3) is 0.900. The summed E-state index contributed by atoms with van der Waals surface area (Å²) >= 11 is 4.00. The smallest absolute Gasteiger partial charge is 0.222 e. The third kappa shape index (κ3) is 8.38. The first-order valence-corrected chi connectivity index (χ1v) is 5.79. The predicted molar refractivity (Wildman–Crippen MR) is 61.8 cm³/mol. The molecule has 14 heavy (non-hydrogen) atoms. The van der Waals surface area contributed by atoms with Gasteiger partial charge in [0.1, 0.15) is 0 Å². The molecule has 0 spiro atoms. The SMILES string of the molecule is CCC(C)CNC(=O)CCOCCS. The number of carbonyl (C=O) groups is 1. The van der Waals surface area contributed by atoms with Gasteiger partial charge in [-0.25, -0.2) is 0 Å². The highest BCUT2D eigenvalue weighted by Gasteiger charge is 2.03. The third-order valence-corrected chi connectivity index (χ3v) is 2.24. The highest BCUT2D eigenvalue weighted by atomic mass is 32.1. The lowest BCUT2D eigenvalue weighted by molar-refractivity contribution is -0.122. The van der Waals surface area contributed by atoms with Gasteiger partial charge in [-0.15, -0.1) is 0 Å². The first-order valence-electron chi connectivity index (χ1n) is 5.16. The first kappa shape index (κ1) is 13.8. The second kappa shape index (κ2) is 9.34. The van der Waals surface area contributed by atoms with E-state index in [-0.39, 0.29) is 5.91 Å². The van der Waals surface area contributed by atoms with E-state index in [1.807, 2.05) is 0 Å². The predicted octanol–water partition coefficient (Wildman–Crippen LogP) is 1.49. The molecule has 0 aliphatic carbocycles. The van der Waals surface area contributed by atoms with Crippen LogP contribution in [0.25, 0.3) is 0 Å². The summed E-state index contributed by atoms with van der Waals surface area (Å²) in [5, 5.41) is 2.87. The molecule has 1 atom stereocenters. The van der Waals surface area contributed by atoms with Crippen LogP contribution < -0.4 is 5.32 Å². The summed E-state index contributed by atoms with van der Waals surface area (Å²) in [6.07, 6.45) is 1.54. The van der Waals surface area contributed by atoms with Crippen molar-refractivity contribution < 1.29 is 9.53 Å². The van der Waals surface area contributed by atoms with Gasteiger partial charge in [-0.05, 0) is 5.92 Å². The minimum atomic E-state index is 0.0736. The van der Waals surface area contributed by atoms with E-state index in [1.165, 1.54) is 0 Å². The molecule has 0 saturated heterocycles. The number of hydrogen-bond donors (Lipinski definition) is 2. The minimum absolute atomic E-state index is 0.0736. The first-order chi connectivity index (χ1) is 6.70. The Labute approximate surface area is 92.0 Å². The number of hydrogen-bond acceptors (Lipinski definition) is 3. The monoisotopic (exact) mass is 219 g/mol. The summed E-state index contributed by atoms with van der Waals surface area (Å²) < 4.78 is 5.15. The van der Waals surface area contributed by atoms with Gasteiger partial charge in [-0.1, -0.05) is 20.3 Å². The summed E-state index contributed by atoms with van der Waals surface area (Å²) in [4.78, 5) is 11.2. The van der Waals surface area contributed by atoms with Crippen LogP contribution in [0, 0.1) is 5.92 Å². The van der Waals surface area contributed by atoms with Crippen molar-refractivity contribution in [3.63, 3.8) is 0 Å². The van der Waals surface area contributed by atoms with Gasteiger partial charge in [0.05, 0.1) is 13.2 Å². The fourth-order valence-corrected chi connectivity index (χ4v) is 0.981. The van der Waals surface area contributed by atoms with Crippen molar-refractivity contribution in [2.45, 2.75) is 26.7 Å². The van der Waals surface area contributed by atoms with E-state index in [0.29, 0.717) is 31.3 Å². The molecule has 84 valence electrons. The largest absolute Gasteiger partial charge is 0.380 e. The zero-order chi connectivity index (χ0) is 10.8. The van der Waals surface area contributed by atoms with Crippen LogP contribution in [-0.4, -0.2) is 31.4 Å². The Hall–Kier alpha value is -0.220. The van der Waals surface area contributed by atoms with E-state index < -0.39 is 0 Å². The number of carbonyl (C=O) groups excluding carboxylic acids is 1. The number of amides is 1. The summed E-state index contributed by atoms with van der Waals surface area (Å²) in [5.74, 6) is 1.33. The van der Waals surface area contributed by atoms with Gasteiger partial charge in [0.25, 0.3) is 0 Å². The summed E-state index contributed by atoms with van der Waals surface area (Å²) in [6, 6.07) is 0. The van der Waals surface area contributed by atoms with Crippen molar-refractivity contribution >= 4 is 18.5 Å². The average molecular weight is 219 g/mol. The highest BCUT2D eigenvalue weighted by Crippen LogP contribution is 1.97. The molecular weight excluding hydrogens is 198 g/mol. The lowest BCUT2D eigenvalue weighted by Gasteiger charge is -2.09. The Morgan fingerprint density at radius 3 is 2.79 bits per heavy atom.